The molecule has 4 nitrogen and oxygen atoms in total. The molecule has 4 heteroatoms. The molecule has 0 amide bonds. The first-order chi connectivity index (χ1) is 7.59. The zero-order valence-corrected chi connectivity index (χ0v) is 9.09. The standard InChI is InChI=1S/C12H15NO3/c1-7(13)12(15)16-11-9-5-3-2-4-8(9)6-10(11)14/h2-5,7,10-11,14H,6,13H2,1H3/t7-,10?,11?/m0/s1. The summed E-state index contributed by atoms with van der Waals surface area (Å²) >= 11 is 0. The third-order valence-corrected chi connectivity index (χ3v) is 2.76. The molecule has 3 N–H and O–H groups in total. The van der Waals surface area contributed by atoms with Gasteiger partial charge in [-0.15, -0.1) is 0 Å². The highest BCUT2D eigenvalue weighted by Crippen LogP contribution is 2.34. The van der Waals surface area contributed by atoms with Crippen LogP contribution in [-0.4, -0.2) is 23.2 Å². The third-order valence-electron chi connectivity index (χ3n) is 2.76. The van der Waals surface area contributed by atoms with Crippen molar-refractivity contribution in [3.8, 4) is 0 Å². The van der Waals surface area contributed by atoms with Crippen LogP contribution in [0.4, 0.5) is 0 Å². The monoisotopic (exact) mass is 221 g/mol. The van der Waals surface area contributed by atoms with E-state index in [0.29, 0.717) is 6.42 Å². The minimum atomic E-state index is -0.667. The average Bonchev–Trinajstić information content (AvgIpc) is 2.55. The van der Waals surface area contributed by atoms with Gasteiger partial charge in [-0.3, -0.25) is 4.79 Å². The first-order valence-electron chi connectivity index (χ1n) is 5.31. The number of nitrogens with two attached hydrogens (primary N) is 1. The molecule has 1 aliphatic carbocycles. The lowest BCUT2D eigenvalue weighted by Crippen LogP contribution is -2.32. The average molecular weight is 221 g/mol. The van der Waals surface area contributed by atoms with Crippen LogP contribution in [0.25, 0.3) is 0 Å². The van der Waals surface area contributed by atoms with Gasteiger partial charge >= 0.3 is 5.97 Å². The summed E-state index contributed by atoms with van der Waals surface area (Å²) in [6.07, 6.45) is -0.720. The fraction of sp³-hybridized carbons (Fsp3) is 0.417. The van der Waals surface area contributed by atoms with Crippen LogP contribution in [0.2, 0.25) is 0 Å². The van der Waals surface area contributed by atoms with Crippen molar-refractivity contribution in [2.45, 2.75) is 31.6 Å². The van der Waals surface area contributed by atoms with Crippen molar-refractivity contribution < 1.29 is 14.6 Å². The normalized spacial score (nSPS) is 24.9. The van der Waals surface area contributed by atoms with Gasteiger partial charge in [0.2, 0.25) is 0 Å². The number of rotatable bonds is 2. The van der Waals surface area contributed by atoms with E-state index in [0.717, 1.165) is 11.1 Å². The first-order valence-corrected chi connectivity index (χ1v) is 5.31. The molecular formula is C12H15NO3. The minimum Gasteiger partial charge on any atom is -0.454 e. The lowest BCUT2D eigenvalue weighted by atomic mass is 10.1. The topological polar surface area (TPSA) is 72.6 Å². The number of esters is 1. The van der Waals surface area contributed by atoms with Gasteiger partial charge in [-0.25, -0.2) is 0 Å². The van der Waals surface area contributed by atoms with Crippen LogP contribution in [0.15, 0.2) is 24.3 Å². The van der Waals surface area contributed by atoms with Gasteiger partial charge in [0, 0.05) is 6.42 Å². The molecule has 0 bridgehead atoms. The van der Waals surface area contributed by atoms with E-state index in [2.05, 4.69) is 0 Å². The van der Waals surface area contributed by atoms with Crippen molar-refractivity contribution in [2.24, 2.45) is 5.73 Å². The summed E-state index contributed by atoms with van der Waals surface area (Å²) in [6, 6.07) is 6.90. The van der Waals surface area contributed by atoms with Gasteiger partial charge in [0.05, 0.1) is 6.10 Å². The molecule has 0 radical (unpaired) electrons. The summed E-state index contributed by atoms with van der Waals surface area (Å²) in [7, 11) is 0. The lowest BCUT2D eigenvalue weighted by molar-refractivity contribution is -0.155. The second-order valence-electron chi connectivity index (χ2n) is 4.12. The van der Waals surface area contributed by atoms with Crippen LogP contribution < -0.4 is 5.73 Å². The van der Waals surface area contributed by atoms with E-state index in [1.54, 1.807) is 6.92 Å². The lowest BCUT2D eigenvalue weighted by Gasteiger charge is -2.18. The van der Waals surface area contributed by atoms with Crippen molar-refractivity contribution in [3.63, 3.8) is 0 Å². The molecule has 0 aliphatic heterocycles. The molecule has 0 saturated carbocycles. The second-order valence-corrected chi connectivity index (χ2v) is 4.12. The van der Waals surface area contributed by atoms with Crippen molar-refractivity contribution in [1.82, 2.24) is 0 Å². The fourth-order valence-electron chi connectivity index (χ4n) is 1.91. The van der Waals surface area contributed by atoms with E-state index < -0.39 is 24.2 Å². The van der Waals surface area contributed by atoms with E-state index in [4.69, 9.17) is 10.5 Å². The summed E-state index contributed by atoms with van der Waals surface area (Å²) in [5.74, 6) is -0.485. The van der Waals surface area contributed by atoms with E-state index >= 15 is 0 Å². The Bertz CT molecular complexity index is 403. The largest absolute Gasteiger partial charge is 0.454 e. The zero-order chi connectivity index (χ0) is 11.7. The van der Waals surface area contributed by atoms with Gasteiger partial charge < -0.3 is 15.6 Å². The summed E-state index contributed by atoms with van der Waals surface area (Å²) in [5, 5.41) is 9.82. The third kappa shape index (κ3) is 1.94. The molecule has 1 aromatic carbocycles. The van der Waals surface area contributed by atoms with E-state index in [-0.39, 0.29) is 0 Å². The number of hydrogen-bond donors (Lipinski definition) is 2. The van der Waals surface area contributed by atoms with Crippen molar-refractivity contribution >= 4 is 5.97 Å². The molecule has 0 spiro atoms. The van der Waals surface area contributed by atoms with Crippen LogP contribution in [-0.2, 0) is 16.0 Å². The van der Waals surface area contributed by atoms with Gasteiger partial charge in [0.25, 0.3) is 0 Å². The Labute approximate surface area is 94.0 Å². The summed E-state index contributed by atoms with van der Waals surface area (Å²) < 4.78 is 5.20. The number of fused-ring (bicyclic) bond motifs is 1. The highest BCUT2D eigenvalue weighted by molar-refractivity contribution is 5.75. The molecule has 1 aliphatic rings. The molecule has 3 atom stereocenters. The van der Waals surface area contributed by atoms with E-state index in [1.165, 1.54) is 0 Å². The number of carbonyl (C=O) groups is 1. The molecule has 2 rings (SSSR count). The van der Waals surface area contributed by atoms with Crippen molar-refractivity contribution in [1.29, 1.82) is 0 Å². The number of benzene rings is 1. The van der Waals surface area contributed by atoms with Gasteiger partial charge in [-0.1, -0.05) is 24.3 Å². The summed E-state index contributed by atoms with van der Waals surface area (Å²) in [5.41, 5.74) is 7.33. The number of hydrogen-bond acceptors (Lipinski definition) is 4. The van der Waals surface area contributed by atoms with Crippen LogP contribution in [0, 0.1) is 0 Å². The minimum absolute atomic E-state index is 0.485. The summed E-state index contributed by atoms with van der Waals surface area (Å²) in [4.78, 5) is 11.4. The molecule has 0 saturated heterocycles. The molecule has 0 aromatic heterocycles. The van der Waals surface area contributed by atoms with Crippen LogP contribution in [0.1, 0.15) is 24.2 Å². The Hall–Kier alpha value is -1.39. The highest BCUT2D eigenvalue weighted by Gasteiger charge is 2.34. The van der Waals surface area contributed by atoms with Crippen LogP contribution >= 0.6 is 0 Å². The van der Waals surface area contributed by atoms with E-state index in [1.807, 2.05) is 24.3 Å². The molecule has 1 aromatic rings. The van der Waals surface area contributed by atoms with Gasteiger partial charge in [0.15, 0.2) is 6.10 Å². The van der Waals surface area contributed by atoms with Gasteiger partial charge in [-0.05, 0) is 18.1 Å². The molecule has 16 heavy (non-hydrogen) atoms. The molecule has 86 valence electrons. The van der Waals surface area contributed by atoms with Crippen LogP contribution in [0.3, 0.4) is 0 Å². The van der Waals surface area contributed by atoms with Gasteiger partial charge in [-0.2, -0.15) is 0 Å². The van der Waals surface area contributed by atoms with Crippen molar-refractivity contribution in [2.75, 3.05) is 0 Å². The molecular weight excluding hydrogens is 206 g/mol. The molecule has 2 unspecified atom stereocenters. The number of aliphatic hydroxyl groups is 1. The maximum Gasteiger partial charge on any atom is 0.323 e. The van der Waals surface area contributed by atoms with Crippen molar-refractivity contribution in [3.05, 3.63) is 35.4 Å². The SMILES string of the molecule is C[C@H](N)C(=O)OC1c2ccccc2CC1O. The smallest absolute Gasteiger partial charge is 0.323 e. The Morgan fingerprint density at radius 1 is 1.56 bits per heavy atom. The highest BCUT2D eigenvalue weighted by atomic mass is 16.6. The molecule has 0 fully saturated rings. The number of carbonyl (C=O) groups excluding carboxylic acids is 1. The Kier molecular flexibility index (Phi) is 2.94. The number of ether oxygens (including phenoxy) is 1. The predicted octanol–water partition coefficient (Wildman–Crippen LogP) is 0.535. The first kappa shape index (κ1) is 11.1. The molecule has 0 heterocycles. The zero-order valence-electron chi connectivity index (χ0n) is 9.09. The quantitative estimate of drug-likeness (QED) is 0.715. The predicted molar refractivity (Wildman–Crippen MR) is 58.6 cm³/mol. The Morgan fingerprint density at radius 3 is 2.94 bits per heavy atom. The maximum absolute atomic E-state index is 11.4. The fourth-order valence-corrected chi connectivity index (χ4v) is 1.91. The second kappa shape index (κ2) is 4.23. The van der Waals surface area contributed by atoms with Gasteiger partial charge in [0.1, 0.15) is 6.04 Å². The maximum atomic E-state index is 11.4. The summed E-state index contributed by atoms with van der Waals surface area (Å²) in [6.45, 7) is 1.57. The van der Waals surface area contributed by atoms with E-state index in [9.17, 15) is 9.90 Å². The number of aliphatic hydroxyl groups excluding tert-OH is 1. The Morgan fingerprint density at radius 2 is 2.25 bits per heavy atom. The Balaban J connectivity index is 2.19. The van der Waals surface area contributed by atoms with Crippen LogP contribution in [0.5, 0.6) is 0 Å².